The van der Waals surface area contributed by atoms with Gasteiger partial charge in [0, 0.05) is 43.4 Å². The molecule has 8 heteroatoms. The predicted octanol–water partition coefficient (Wildman–Crippen LogP) is 7.90. The van der Waals surface area contributed by atoms with Crippen molar-refractivity contribution in [1.82, 2.24) is 14.5 Å². The van der Waals surface area contributed by atoms with E-state index in [1.807, 2.05) is 55.4 Å². The van der Waals surface area contributed by atoms with Crippen molar-refractivity contribution in [3.63, 3.8) is 0 Å². The molecular formula is C32H54F3N3O2. The molecule has 3 unspecified atom stereocenters. The number of aryl methyl sites for hydroxylation is 1. The first-order chi connectivity index (χ1) is 18.8. The summed E-state index contributed by atoms with van der Waals surface area (Å²) < 4.78 is 40.3. The van der Waals surface area contributed by atoms with Crippen molar-refractivity contribution in [3.8, 4) is 0 Å². The first kappa shape index (κ1) is 37.6. The number of nitrogens with zero attached hydrogens (tertiary/aromatic N) is 2. The highest BCUT2D eigenvalue weighted by atomic mass is 19.4. The molecule has 2 aromatic rings. The van der Waals surface area contributed by atoms with Gasteiger partial charge in [-0.15, -0.1) is 0 Å². The lowest BCUT2D eigenvalue weighted by Gasteiger charge is -2.37. The molecule has 40 heavy (non-hydrogen) atoms. The maximum atomic E-state index is 12.9. The lowest BCUT2D eigenvalue weighted by atomic mass is 9.79. The van der Waals surface area contributed by atoms with E-state index in [0.717, 1.165) is 31.6 Å². The molecule has 1 aliphatic heterocycles. The van der Waals surface area contributed by atoms with Gasteiger partial charge < -0.3 is 9.47 Å². The first-order valence-electron chi connectivity index (χ1n) is 15.0. The normalized spacial score (nSPS) is 20.1. The molecule has 0 bridgehead atoms. The van der Waals surface area contributed by atoms with Gasteiger partial charge in [-0.25, -0.2) is 4.79 Å². The van der Waals surface area contributed by atoms with Crippen molar-refractivity contribution < 1.29 is 13.2 Å². The minimum Gasteiger partial charge on any atom is -0.302 e. The number of alkyl halides is 3. The van der Waals surface area contributed by atoms with Crippen molar-refractivity contribution in [2.24, 2.45) is 17.3 Å². The van der Waals surface area contributed by atoms with E-state index in [1.165, 1.54) is 12.1 Å². The molecule has 0 spiro atoms. The molecule has 4 rings (SSSR count). The topological polar surface area (TPSA) is 58.1 Å². The van der Waals surface area contributed by atoms with Gasteiger partial charge in [-0.2, -0.15) is 13.2 Å². The fourth-order valence-electron chi connectivity index (χ4n) is 5.17. The van der Waals surface area contributed by atoms with E-state index in [1.54, 1.807) is 29.8 Å². The number of piperidine rings is 1. The number of hydrogen-bond acceptors (Lipinski definition) is 3. The molecule has 2 fully saturated rings. The van der Waals surface area contributed by atoms with E-state index in [4.69, 9.17) is 0 Å². The Morgan fingerprint density at radius 1 is 0.975 bits per heavy atom. The van der Waals surface area contributed by atoms with Crippen molar-refractivity contribution in [2.75, 3.05) is 19.6 Å². The van der Waals surface area contributed by atoms with E-state index in [2.05, 4.69) is 30.7 Å². The van der Waals surface area contributed by atoms with E-state index < -0.39 is 17.4 Å². The van der Waals surface area contributed by atoms with Crippen LogP contribution in [0.4, 0.5) is 13.2 Å². The maximum Gasteiger partial charge on any atom is 0.416 e. The number of benzene rings is 1. The second-order valence-electron chi connectivity index (χ2n) is 10.4. The van der Waals surface area contributed by atoms with Crippen LogP contribution >= 0.6 is 0 Å². The minimum absolute atomic E-state index is 0.0313. The molecule has 2 heterocycles. The van der Waals surface area contributed by atoms with Crippen molar-refractivity contribution >= 4 is 0 Å². The van der Waals surface area contributed by atoms with Crippen LogP contribution in [-0.2, 0) is 18.1 Å². The third kappa shape index (κ3) is 9.08. The SMILES string of the molecule is CC.CC.CC.CC.Cc1cn(CC(C)C(C)(C)CN2CC3CC3(c3ccc(C(F)(F)F)cc3)C2)c(=O)[nH]c1=O. The van der Waals surface area contributed by atoms with Gasteiger partial charge in [0.1, 0.15) is 0 Å². The lowest BCUT2D eigenvalue weighted by molar-refractivity contribution is -0.137. The average Bonchev–Trinajstić information content (AvgIpc) is 3.52. The van der Waals surface area contributed by atoms with Gasteiger partial charge in [-0.05, 0) is 48.3 Å². The molecule has 230 valence electrons. The van der Waals surface area contributed by atoms with Crippen LogP contribution in [0.2, 0.25) is 0 Å². The Morgan fingerprint density at radius 2 is 1.50 bits per heavy atom. The average molecular weight is 570 g/mol. The van der Waals surface area contributed by atoms with Crippen molar-refractivity contribution in [3.05, 3.63) is 68.0 Å². The van der Waals surface area contributed by atoms with Crippen LogP contribution in [0.25, 0.3) is 0 Å². The third-order valence-corrected chi connectivity index (χ3v) is 7.63. The van der Waals surface area contributed by atoms with E-state index in [9.17, 15) is 22.8 Å². The predicted molar refractivity (Wildman–Crippen MR) is 162 cm³/mol. The fourth-order valence-corrected chi connectivity index (χ4v) is 5.17. The van der Waals surface area contributed by atoms with Gasteiger partial charge in [0.15, 0.2) is 0 Å². The number of halogens is 3. The number of H-pyrrole nitrogens is 1. The van der Waals surface area contributed by atoms with Gasteiger partial charge in [-0.1, -0.05) is 88.3 Å². The molecule has 1 saturated heterocycles. The van der Waals surface area contributed by atoms with E-state index >= 15 is 0 Å². The first-order valence-corrected chi connectivity index (χ1v) is 15.0. The summed E-state index contributed by atoms with van der Waals surface area (Å²) in [5.41, 5.74) is 0.0204. The van der Waals surface area contributed by atoms with Gasteiger partial charge in [0.05, 0.1) is 5.56 Å². The summed E-state index contributed by atoms with van der Waals surface area (Å²) in [7, 11) is 0. The Kier molecular flexibility index (Phi) is 15.2. The monoisotopic (exact) mass is 569 g/mol. The summed E-state index contributed by atoms with van der Waals surface area (Å²) in [5, 5.41) is 0. The summed E-state index contributed by atoms with van der Waals surface area (Å²) in [6, 6.07) is 5.67. The van der Waals surface area contributed by atoms with Crippen LogP contribution < -0.4 is 11.2 Å². The molecule has 1 N–H and O–H groups in total. The Morgan fingerprint density at radius 3 is 2.00 bits per heavy atom. The summed E-state index contributed by atoms with van der Waals surface area (Å²) in [6.07, 6.45) is -1.68. The zero-order valence-electron chi connectivity index (χ0n) is 26.9. The Bertz CT molecular complexity index is 1120. The number of hydrogen-bond donors (Lipinski definition) is 1. The van der Waals surface area contributed by atoms with Crippen molar-refractivity contribution in [1.29, 1.82) is 0 Å². The maximum absolute atomic E-state index is 12.9. The zero-order chi connectivity index (χ0) is 31.5. The molecule has 0 amide bonds. The fraction of sp³-hybridized carbons (Fsp3) is 0.688. The van der Waals surface area contributed by atoms with Gasteiger partial charge in [0.2, 0.25) is 0 Å². The molecule has 3 atom stereocenters. The van der Waals surface area contributed by atoms with Crippen LogP contribution in [-0.4, -0.2) is 34.1 Å². The minimum atomic E-state index is -4.31. The van der Waals surface area contributed by atoms with Crippen molar-refractivity contribution in [2.45, 2.75) is 108 Å². The smallest absolute Gasteiger partial charge is 0.302 e. The molecule has 1 saturated carbocycles. The van der Waals surface area contributed by atoms with Crippen LogP contribution in [0.3, 0.4) is 0 Å². The number of rotatable bonds is 6. The standard InChI is InChI=1S/C24H30F3N3O2.4C2H6/c1-15-10-30(21(32)28-20(15)31)11-16(2)22(3,4)13-29-12-19-9-23(19,14-29)17-5-7-18(8-6-17)24(25,26)27;4*1-2/h5-8,10,16,19H,9,11-14H2,1-4H3,(H,28,31,32);4*1-2H3. The summed E-state index contributed by atoms with van der Waals surface area (Å²) in [6.45, 7) is 27.3. The summed E-state index contributed by atoms with van der Waals surface area (Å²) >= 11 is 0. The molecule has 1 aliphatic carbocycles. The van der Waals surface area contributed by atoms with Crippen LogP contribution in [0.5, 0.6) is 0 Å². The number of likely N-dealkylation sites (tertiary alicyclic amines) is 1. The van der Waals surface area contributed by atoms with Crippen LogP contribution in [0, 0.1) is 24.2 Å². The van der Waals surface area contributed by atoms with E-state index in [0.29, 0.717) is 18.0 Å². The van der Waals surface area contributed by atoms with Gasteiger partial charge in [0.25, 0.3) is 5.56 Å². The summed E-state index contributed by atoms with van der Waals surface area (Å²) in [5.74, 6) is 0.652. The summed E-state index contributed by atoms with van der Waals surface area (Å²) in [4.78, 5) is 28.5. The molecule has 0 radical (unpaired) electrons. The Hall–Kier alpha value is -2.35. The quantitative estimate of drug-likeness (QED) is 0.385. The molecule has 1 aromatic carbocycles. The highest BCUT2D eigenvalue weighted by Gasteiger charge is 2.61. The molecule has 2 aliphatic rings. The molecule has 1 aromatic heterocycles. The van der Waals surface area contributed by atoms with Crippen LogP contribution in [0.15, 0.2) is 40.1 Å². The number of aromatic amines is 1. The number of nitrogens with one attached hydrogen (secondary N) is 1. The second-order valence-corrected chi connectivity index (χ2v) is 10.4. The zero-order valence-corrected chi connectivity index (χ0v) is 26.9. The molecular weight excluding hydrogens is 515 g/mol. The lowest BCUT2D eigenvalue weighted by Crippen LogP contribution is -2.41. The van der Waals surface area contributed by atoms with Gasteiger partial charge in [-0.3, -0.25) is 9.78 Å². The van der Waals surface area contributed by atoms with E-state index in [-0.39, 0.29) is 22.3 Å². The largest absolute Gasteiger partial charge is 0.416 e. The van der Waals surface area contributed by atoms with Crippen LogP contribution in [0.1, 0.15) is 99.3 Å². The third-order valence-electron chi connectivity index (χ3n) is 7.63. The number of fused-ring (bicyclic) bond motifs is 1. The Labute approximate surface area is 240 Å². The van der Waals surface area contributed by atoms with Gasteiger partial charge >= 0.3 is 11.9 Å². The highest BCUT2D eigenvalue weighted by molar-refractivity contribution is 5.39. The Balaban J connectivity index is 0.00000175. The number of aromatic nitrogens is 2. The highest BCUT2D eigenvalue weighted by Crippen LogP contribution is 2.59. The second kappa shape index (κ2) is 16.2. The molecule has 5 nitrogen and oxygen atoms in total.